The van der Waals surface area contributed by atoms with Crippen LogP contribution in [0.5, 0.6) is 0 Å². The molecular weight excluding hydrogens is 324 g/mol. The lowest BCUT2D eigenvalue weighted by Crippen LogP contribution is -2.33. The van der Waals surface area contributed by atoms with Gasteiger partial charge < -0.3 is 10.6 Å². The molecule has 0 saturated heterocycles. The smallest absolute Gasteiger partial charge is 0.220 e. The molecule has 1 fully saturated rings. The highest BCUT2D eigenvalue weighted by atomic mass is 16.2. The fourth-order valence-electron chi connectivity index (χ4n) is 3.45. The van der Waals surface area contributed by atoms with Crippen molar-refractivity contribution in [3.05, 3.63) is 60.2 Å². The summed E-state index contributed by atoms with van der Waals surface area (Å²) in [6, 6.07) is 18.5. The summed E-state index contributed by atoms with van der Waals surface area (Å²) < 4.78 is 0. The molecule has 3 rings (SSSR count). The number of benzene rings is 2. The average molecular weight is 350 g/mol. The zero-order valence-electron chi connectivity index (χ0n) is 15.0. The monoisotopic (exact) mass is 350 g/mol. The van der Waals surface area contributed by atoms with Crippen molar-refractivity contribution in [3.63, 3.8) is 0 Å². The summed E-state index contributed by atoms with van der Waals surface area (Å²) in [4.78, 5) is 24.0. The molecule has 136 valence electrons. The van der Waals surface area contributed by atoms with Gasteiger partial charge in [0.2, 0.25) is 11.8 Å². The quantitative estimate of drug-likeness (QED) is 0.798. The molecule has 0 radical (unpaired) electrons. The zero-order chi connectivity index (χ0) is 18.2. The Hall–Kier alpha value is -2.62. The van der Waals surface area contributed by atoms with E-state index in [-0.39, 0.29) is 24.7 Å². The van der Waals surface area contributed by atoms with Crippen LogP contribution in [-0.4, -0.2) is 17.9 Å². The maximum absolute atomic E-state index is 12.1. The molecule has 1 aliphatic rings. The summed E-state index contributed by atoms with van der Waals surface area (Å²) >= 11 is 0. The van der Waals surface area contributed by atoms with E-state index in [1.165, 1.54) is 12.8 Å². The van der Waals surface area contributed by atoms with E-state index in [9.17, 15) is 9.59 Å². The van der Waals surface area contributed by atoms with Crippen LogP contribution in [0.25, 0.3) is 11.1 Å². The predicted molar refractivity (Wildman–Crippen MR) is 103 cm³/mol. The second-order valence-electron chi connectivity index (χ2n) is 6.85. The van der Waals surface area contributed by atoms with Gasteiger partial charge in [-0.3, -0.25) is 9.59 Å². The van der Waals surface area contributed by atoms with E-state index in [1.54, 1.807) is 0 Å². The van der Waals surface area contributed by atoms with Gasteiger partial charge in [0.05, 0.1) is 0 Å². The highest BCUT2D eigenvalue weighted by Gasteiger charge is 2.17. The van der Waals surface area contributed by atoms with E-state index in [0.717, 1.165) is 29.5 Å². The Morgan fingerprint density at radius 1 is 0.846 bits per heavy atom. The third-order valence-electron chi connectivity index (χ3n) is 4.88. The highest BCUT2D eigenvalue weighted by Crippen LogP contribution is 2.23. The first-order valence-electron chi connectivity index (χ1n) is 9.42. The number of carbonyl (C=O) groups is 2. The molecule has 4 heteroatoms. The molecule has 0 atom stereocenters. The van der Waals surface area contributed by atoms with Crippen LogP contribution < -0.4 is 10.6 Å². The number of rotatable bonds is 7. The van der Waals surface area contributed by atoms with Gasteiger partial charge in [-0.2, -0.15) is 0 Å². The summed E-state index contributed by atoms with van der Waals surface area (Å²) in [5, 5.41) is 5.96. The lowest BCUT2D eigenvalue weighted by Gasteiger charge is -2.12. The fourth-order valence-corrected chi connectivity index (χ4v) is 3.45. The summed E-state index contributed by atoms with van der Waals surface area (Å²) in [6.45, 7) is 0.466. The maximum Gasteiger partial charge on any atom is 0.220 e. The first kappa shape index (κ1) is 18.2. The largest absolute Gasteiger partial charge is 0.353 e. The van der Waals surface area contributed by atoms with E-state index in [1.807, 2.05) is 36.4 Å². The summed E-state index contributed by atoms with van der Waals surface area (Å²) in [6.07, 6.45) is 4.98. The van der Waals surface area contributed by atoms with Crippen LogP contribution in [0.2, 0.25) is 0 Å². The van der Waals surface area contributed by atoms with Gasteiger partial charge in [-0.25, -0.2) is 0 Å². The number of amides is 2. The first-order valence-corrected chi connectivity index (χ1v) is 9.42. The molecular formula is C22H26N2O2. The Morgan fingerprint density at radius 3 is 2.27 bits per heavy atom. The summed E-state index contributed by atoms with van der Waals surface area (Å²) in [7, 11) is 0. The van der Waals surface area contributed by atoms with E-state index in [2.05, 4.69) is 28.8 Å². The Morgan fingerprint density at radius 2 is 1.50 bits per heavy atom. The van der Waals surface area contributed by atoms with Crippen LogP contribution in [0.15, 0.2) is 54.6 Å². The standard InChI is InChI=1S/C22H26N2O2/c25-21(14-15-22(26)24-19-11-5-6-12-19)23-16-18-10-4-7-13-20(18)17-8-2-1-3-9-17/h1-4,7-10,13,19H,5-6,11-12,14-16H2,(H,23,25)(H,24,26). The third-order valence-corrected chi connectivity index (χ3v) is 4.88. The normalized spacial score (nSPS) is 14.2. The number of carbonyl (C=O) groups excluding carboxylic acids is 2. The summed E-state index contributed by atoms with van der Waals surface area (Å²) in [5.74, 6) is -0.105. The van der Waals surface area contributed by atoms with Crippen molar-refractivity contribution in [2.45, 2.75) is 51.1 Å². The Labute approximate surface area is 155 Å². The van der Waals surface area contributed by atoms with Crippen LogP contribution in [-0.2, 0) is 16.1 Å². The highest BCUT2D eigenvalue weighted by molar-refractivity contribution is 5.84. The molecule has 2 amide bonds. The predicted octanol–water partition coefficient (Wildman–Crippen LogP) is 3.81. The molecule has 1 saturated carbocycles. The molecule has 4 nitrogen and oxygen atoms in total. The zero-order valence-corrected chi connectivity index (χ0v) is 15.0. The molecule has 0 unspecified atom stereocenters. The van der Waals surface area contributed by atoms with Crippen molar-refractivity contribution in [3.8, 4) is 11.1 Å². The molecule has 0 aromatic heterocycles. The van der Waals surface area contributed by atoms with E-state index >= 15 is 0 Å². The second kappa shape index (κ2) is 9.18. The maximum atomic E-state index is 12.1. The third kappa shape index (κ3) is 5.19. The van der Waals surface area contributed by atoms with Crippen LogP contribution in [0.3, 0.4) is 0 Å². The Kier molecular flexibility index (Phi) is 6.42. The fraction of sp³-hybridized carbons (Fsp3) is 0.364. The molecule has 2 aromatic rings. The number of hydrogen-bond acceptors (Lipinski definition) is 2. The van der Waals surface area contributed by atoms with Crippen molar-refractivity contribution in [1.29, 1.82) is 0 Å². The average Bonchev–Trinajstić information content (AvgIpc) is 3.18. The van der Waals surface area contributed by atoms with Gasteiger partial charge in [-0.1, -0.05) is 67.4 Å². The van der Waals surface area contributed by atoms with Crippen molar-refractivity contribution in [2.75, 3.05) is 0 Å². The Bertz CT molecular complexity index is 737. The molecule has 2 N–H and O–H groups in total. The minimum absolute atomic E-state index is 0.0169. The number of hydrogen-bond donors (Lipinski definition) is 2. The van der Waals surface area contributed by atoms with Gasteiger partial charge in [0.15, 0.2) is 0 Å². The van der Waals surface area contributed by atoms with Crippen LogP contribution >= 0.6 is 0 Å². The molecule has 26 heavy (non-hydrogen) atoms. The summed E-state index contributed by atoms with van der Waals surface area (Å²) in [5.41, 5.74) is 3.32. The molecule has 0 spiro atoms. The topological polar surface area (TPSA) is 58.2 Å². The Balaban J connectivity index is 1.48. The minimum Gasteiger partial charge on any atom is -0.353 e. The molecule has 0 aliphatic heterocycles. The van der Waals surface area contributed by atoms with Crippen molar-refractivity contribution < 1.29 is 9.59 Å². The van der Waals surface area contributed by atoms with Gasteiger partial charge >= 0.3 is 0 Å². The first-order chi connectivity index (χ1) is 12.7. The van der Waals surface area contributed by atoms with Gasteiger partial charge in [-0.05, 0) is 29.5 Å². The van der Waals surface area contributed by atoms with E-state index in [4.69, 9.17) is 0 Å². The van der Waals surface area contributed by atoms with Crippen molar-refractivity contribution >= 4 is 11.8 Å². The van der Waals surface area contributed by atoms with Crippen LogP contribution in [0.1, 0.15) is 44.1 Å². The van der Waals surface area contributed by atoms with Crippen LogP contribution in [0, 0.1) is 0 Å². The van der Waals surface area contributed by atoms with Gasteiger partial charge in [0.25, 0.3) is 0 Å². The van der Waals surface area contributed by atoms with Gasteiger partial charge in [0.1, 0.15) is 0 Å². The van der Waals surface area contributed by atoms with Gasteiger partial charge in [-0.15, -0.1) is 0 Å². The molecule has 0 heterocycles. The second-order valence-corrected chi connectivity index (χ2v) is 6.85. The lowest BCUT2D eigenvalue weighted by atomic mass is 10.00. The molecule has 0 bridgehead atoms. The number of nitrogens with one attached hydrogen (secondary N) is 2. The SMILES string of the molecule is O=C(CCC(=O)NC1CCCC1)NCc1ccccc1-c1ccccc1. The molecule has 1 aliphatic carbocycles. The lowest BCUT2D eigenvalue weighted by molar-refractivity contribution is -0.126. The molecule has 2 aromatic carbocycles. The van der Waals surface area contributed by atoms with Crippen molar-refractivity contribution in [1.82, 2.24) is 10.6 Å². The minimum atomic E-state index is -0.0885. The van der Waals surface area contributed by atoms with E-state index < -0.39 is 0 Å². The van der Waals surface area contributed by atoms with Crippen LogP contribution in [0.4, 0.5) is 0 Å². The van der Waals surface area contributed by atoms with E-state index in [0.29, 0.717) is 12.6 Å². The van der Waals surface area contributed by atoms with Crippen molar-refractivity contribution in [2.24, 2.45) is 0 Å². The van der Waals surface area contributed by atoms with Gasteiger partial charge in [0, 0.05) is 25.4 Å².